The lowest BCUT2D eigenvalue weighted by Crippen LogP contribution is -2.36. The van der Waals surface area contributed by atoms with Crippen molar-refractivity contribution >= 4 is 11.6 Å². The number of nitrogens with zero attached hydrogens (tertiary/aromatic N) is 2. The fourth-order valence-corrected chi connectivity index (χ4v) is 3.62. The number of amides is 1. The molecule has 0 spiro atoms. The summed E-state index contributed by atoms with van der Waals surface area (Å²) >= 11 is 0. The van der Waals surface area contributed by atoms with Gasteiger partial charge in [-0.25, -0.2) is 4.98 Å². The second-order valence-electron chi connectivity index (χ2n) is 7.26. The number of carbonyl (C=O) groups excluding carboxylic acids is 1. The van der Waals surface area contributed by atoms with Crippen molar-refractivity contribution < 1.29 is 9.53 Å². The van der Waals surface area contributed by atoms with E-state index in [2.05, 4.69) is 10.3 Å². The molecule has 0 saturated heterocycles. The van der Waals surface area contributed by atoms with Crippen LogP contribution < -0.4 is 15.8 Å². The average Bonchev–Trinajstić information content (AvgIpc) is 3.07. The van der Waals surface area contributed by atoms with Crippen LogP contribution in [0.1, 0.15) is 44.3 Å². The number of aromatic nitrogens is 2. The number of imidazole rings is 1. The predicted octanol–water partition coefficient (Wildman–Crippen LogP) is 3.24. The van der Waals surface area contributed by atoms with Crippen LogP contribution in [0.15, 0.2) is 36.7 Å². The van der Waals surface area contributed by atoms with E-state index < -0.39 is 0 Å². The van der Waals surface area contributed by atoms with Crippen molar-refractivity contribution in [1.29, 1.82) is 0 Å². The molecule has 6 nitrogen and oxygen atoms in total. The molecule has 1 aliphatic carbocycles. The minimum absolute atomic E-state index is 0.0204. The number of hydrogen-bond acceptors (Lipinski definition) is 4. The smallest absolute Gasteiger partial charge is 0.224 e. The quantitative estimate of drug-likeness (QED) is 0.798. The Morgan fingerprint density at radius 3 is 2.62 bits per heavy atom. The molecule has 1 aromatic carbocycles. The molecule has 1 aliphatic rings. The maximum Gasteiger partial charge on any atom is 0.224 e. The highest BCUT2D eigenvalue weighted by Crippen LogP contribution is 2.38. The van der Waals surface area contributed by atoms with Crippen LogP contribution in [0.4, 0.5) is 5.69 Å². The fourth-order valence-electron chi connectivity index (χ4n) is 3.62. The standard InChI is InChI=1S/C20H28N4O2/c1-24-12-11-22-18(24)14-26-17-7-5-16(6-8-17)23-19(25)13-20(15-21)9-3-2-4-10-20/h5-8,11-12H,2-4,9-10,13-15,21H2,1H3,(H,23,25). The van der Waals surface area contributed by atoms with Crippen molar-refractivity contribution in [3.05, 3.63) is 42.5 Å². The Balaban J connectivity index is 1.52. The summed E-state index contributed by atoms with van der Waals surface area (Å²) in [5, 5.41) is 2.99. The molecule has 0 atom stereocenters. The summed E-state index contributed by atoms with van der Waals surface area (Å²) in [5.74, 6) is 1.65. The van der Waals surface area contributed by atoms with Crippen LogP contribution in [0, 0.1) is 5.41 Å². The Hall–Kier alpha value is -2.34. The molecule has 6 heteroatoms. The summed E-state index contributed by atoms with van der Waals surface area (Å²) in [6.07, 6.45) is 9.84. The third-order valence-corrected chi connectivity index (χ3v) is 5.31. The summed E-state index contributed by atoms with van der Waals surface area (Å²) in [7, 11) is 1.94. The first-order valence-corrected chi connectivity index (χ1v) is 9.29. The largest absolute Gasteiger partial charge is 0.486 e. The molecule has 1 saturated carbocycles. The van der Waals surface area contributed by atoms with E-state index in [-0.39, 0.29) is 11.3 Å². The van der Waals surface area contributed by atoms with E-state index in [1.807, 2.05) is 42.1 Å². The Labute approximate surface area is 154 Å². The van der Waals surface area contributed by atoms with Crippen LogP contribution in [0.2, 0.25) is 0 Å². The van der Waals surface area contributed by atoms with E-state index in [1.54, 1.807) is 6.20 Å². The minimum Gasteiger partial charge on any atom is -0.486 e. The van der Waals surface area contributed by atoms with Crippen LogP contribution in [0.25, 0.3) is 0 Å². The van der Waals surface area contributed by atoms with E-state index >= 15 is 0 Å². The molecule has 0 unspecified atom stereocenters. The molecule has 3 N–H and O–H groups in total. The topological polar surface area (TPSA) is 82.2 Å². The second kappa shape index (κ2) is 8.36. The first-order valence-electron chi connectivity index (χ1n) is 9.29. The lowest BCUT2D eigenvalue weighted by molar-refractivity contribution is -0.118. The van der Waals surface area contributed by atoms with Gasteiger partial charge in [-0.15, -0.1) is 0 Å². The molecule has 0 aliphatic heterocycles. The van der Waals surface area contributed by atoms with Crippen molar-refractivity contribution in [2.24, 2.45) is 18.2 Å². The van der Waals surface area contributed by atoms with Crippen molar-refractivity contribution in [1.82, 2.24) is 9.55 Å². The van der Waals surface area contributed by atoms with E-state index in [0.29, 0.717) is 19.6 Å². The molecular formula is C20H28N4O2. The molecule has 1 amide bonds. The van der Waals surface area contributed by atoms with Gasteiger partial charge in [0.25, 0.3) is 0 Å². The van der Waals surface area contributed by atoms with Gasteiger partial charge in [-0.05, 0) is 49.1 Å². The minimum atomic E-state index is -0.0204. The Morgan fingerprint density at radius 2 is 2.00 bits per heavy atom. The molecule has 0 bridgehead atoms. The van der Waals surface area contributed by atoms with Crippen molar-refractivity contribution in [2.75, 3.05) is 11.9 Å². The van der Waals surface area contributed by atoms with Gasteiger partial charge >= 0.3 is 0 Å². The molecule has 3 rings (SSSR count). The Bertz CT molecular complexity index is 718. The normalized spacial score (nSPS) is 16.2. The van der Waals surface area contributed by atoms with Crippen molar-refractivity contribution in [2.45, 2.75) is 45.1 Å². The van der Waals surface area contributed by atoms with Crippen LogP contribution in [0.5, 0.6) is 5.75 Å². The van der Waals surface area contributed by atoms with Gasteiger partial charge in [-0.1, -0.05) is 19.3 Å². The summed E-state index contributed by atoms with van der Waals surface area (Å²) in [6.45, 7) is 0.995. The SMILES string of the molecule is Cn1ccnc1COc1ccc(NC(=O)CC2(CN)CCCCC2)cc1. The number of ether oxygens (including phenoxy) is 1. The first-order chi connectivity index (χ1) is 12.6. The number of nitrogens with two attached hydrogens (primary N) is 1. The van der Waals surface area contributed by atoms with Crippen molar-refractivity contribution in [3.8, 4) is 5.75 Å². The number of benzene rings is 1. The summed E-state index contributed by atoms with van der Waals surface area (Å²) in [4.78, 5) is 16.7. The van der Waals surface area contributed by atoms with E-state index in [4.69, 9.17) is 10.5 Å². The maximum atomic E-state index is 12.4. The monoisotopic (exact) mass is 356 g/mol. The van der Waals surface area contributed by atoms with Gasteiger partial charge in [0.1, 0.15) is 18.2 Å². The number of aryl methyl sites for hydroxylation is 1. The number of anilines is 1. The molecule has 26 heavy (non-hydrogen) atoms. The maximum absolute atomic E-state index is 12.4. The van der Waals surface area contributed by atoms with Crippen LogP contribution in [-0.4, -0.2) is 22.0 Å². The summed E-state index contributed by atoms with van der Waals surface area (Å²) in [6, 6.07) is 7.44. The van der Waals surface area contributed by atoms with Gasteiger partial charge in [0.15, 0.2) is 0 Å². The highest BCUT2D eigenvalue weighted by molar-refractivity contribution is 5.91. The van der Waals surface area contributed by atoms with Gasteiger partial charge in [0.2, 0.25) is 5.91 Å². The Kier molecular flexibility index (Phi) is 5.93. The zero-order valence-electron chi connectivity index (χ0n) is 15.4. The molecule has 1 aromatic heterocycles. The van der Waals surface area contributed by atoms with Gasteiger partial charge in [-0.2, -0.15) is 0 Å². The van der Waals surface area contributed by atoms with Crippen molar-refractivity contribution in [3.63, 3.8) is 0 Å². The van der Waals surface area contributed by atoms with Gasteiger partial charge in [0.05, 0.1) is 0 Å². The van der Waals surface area contributed by atoms with Gasteiger partial charge < -0.3 is 20.4 Å². The summed E-state index contributed by atoms with van der Waals surface area (Å²) < 4.78 is 7.66. The molecule has 0 radical (unpaired) electrons. The zero-order valence-corrected chi connectivity index (χ0v) is 15.4. The number of hydrogen-bond donors (Lipinski definition) is 2. The lowest BCUT2D eigenvalue weighted by Gasteiger charge is -2.35. The average molecular weight is 356 g/mol. The third-order valence-electron chi connectivity index (χ3n) is 5.31. The van der Waals surface area contributed by atoms with Gasteiger partial charge in [-0.3, -0.25) is 4.79 Å². The third kappa shape index (κ3) is 4.64. The van der Waals surface area contributed by atoms with E-state index in [0.717, 1.165) is 30.1 Å². The number of rotatable bonds is 7. The van der Waals surface area contributed by atoms with Gasteiger partial charge in [0, 0.05) is 31.5 Å². The summed E-state index contributed by atoms with van der Waals surface area (Å²) in [5.41, 5.74) is 6.74. The van der Waals surface area contributed by atoms with Crippen LogP contribution in [0.3, 0.4) is 0 Å². The molecule has 2 aromatic rings. The fraction of sp³-hybridized carbons (Fsp3) is 0.500. The lowest BCUT2D eigenvalue weighted by atomic mass is 9.71. The molecular weight excluding hydrogens is 328 g/mol. The molecule has 140 valence electrons. The van der Waals surface area contributed by atoms with Crippen LogP contribution in [-0.2, 0) is 18.4 Å². The highest BCUT2D eigenvalue weighted by atomic mass is 16.5. The number of carbonyl (C=O) groups is 1. The Morgan fingerprint density at radius 1 is 1.27 bits per heavy atom. The predicted molar refractivity (Wildman–Crippen MR) is 102 cm³/mol. The highest BCUT2D eigenvalue weighted by Gasteiger charge is 2.32. The molecule has 1 heterocycles. The van der Waals surface area contributed by atoms with E-state index in [9.17, 15) is 4.79 Å². The number of nitrogens with one attached hydrogen (secondary N) is 1. The van der Waals surface area contributed by atoms with Crippen LogP contribution >= 0.6 is 0 Å². The zero-order chi connectivity index (χ0) is 18.4. The first kappa shape index (κ1) is 18.5. The second-order valence-corrected chi connectivity index (χ2v) is 7.26. The molecule has 1 fully saturated rings. The van der Waals surface area contributed by atoms with E-state index in [1.165, 1.54) is 19.3 Å².